The molecule has 0 aliphatic rings. The maximum atomic E-state index is 9.25. The first kappa shape index (κ1) is 22.7. The van der Waals surface area contributed by atoms with Crippen molar-refractivity contribution in [1.82, 2.24) is 19.9 Å². The van der Waals surface area contributed by atoms with E-state index in [2.05, 4.69) is 46.4 Å². The third-order valence-electron chi connectivity index (χ3n) is 6.30. The summed E-state index contributed by atoms with van der Waals surface area (Å²) in [6.45, 7) is 0. The van der Waals surface area contributed by atoms with Gasteiger partial charge in [-0.25, -0.2) is 9.97 Å². The van der Waals surface area contributed by atoms with Crippen molar-refractivity contribution in [1.29, 1.82) is 10.5 Å². The van der Waals surface area contributed by atoms with E-state index in [1.54, 1.807) is 36.9 Å². The molecule has 0 aliphatic heterocycles. The van der Waals surface area contributed by atoms with Crippen LogP contribution in [0.4, 0.5) is 0 Å². The number of fused-ring (bicyclic) bond motifs is 1. The maximum Gasteiger partial charge on any atom is 0.101 e. The molecule has 0 spiro atoms. The molecule has 0 saturated heterocycles. The Morgan fingerprint density at radius 3 is 1.37 bits per heavy atom. The molecule has 0 unspecified atom stereocenters. The van der Waals surface area contributed by atoms with E-state index in [4.69, 9.17) is 9.97 Å². The van der Waals surface area contributed by atoms with Crippen LogP contribution < -0.4 is 0 Å². The van der Waals surface area contributed by atoms with E-state index >= 15 is 0 Å². The van der Waals surface area contributed by atoms with Gasteiger partial charge in [0.1, 0.15) is 12.1 Å². The largest absolute Gasteiger partial charge is 0.263 e. The summed E-state index contributed by atoms with van der Waals surface area (Å²) in [6.07, 6.45) is 6.52. The smallest absolute Gasteiger partial charge is 0.101 e. The van der Waals surface area contributed by atoms with Crippen molar-refractivity contribution >= 4 is 10.8 Å². The van der Waals surface area contributed by atoms with Crippen molar-refractivity contribution in [2.75, 3.05) is 0 Å². The van der Waals surface area contributed by atoms with Crippen LogP contribution in [0.3, 0.4) is 0 Å². The minimum Gasteiger partial charge on any atom is -0.263 e. The third-order valence-corrected chi connectivity index (χ3v) is 6.30. The molecular formula is C32H18N6. The summed E-state index contributed by atoms with van der Waals surface area (Å²) in [5.41, 5.74) is 7.73. The molecule has 0 bridgehead atoms. The zero-order valence-electron chi connectivity index (χ0n) is 20.1. The Kier molecular flexibility index (Phi) is 5.82. The highest BCUT2D eigenvalue weighted by atomic mass is 14.7. The van der Waals surface area contributed by atoms with Crippen LogP contribution in [0.15, 0.2) is 110 Å². The number of pyridine rings is 4. The fraction of sp³-hybridized carbons (Fsp3) is 0. The SMILES string of the molecule is N#Cc1cncc(-c2cccc(-c3ccc(-c4cccc(-c5cncc(C#N)c5)n4)c4ccccc34)n2)c1. The maximum absolute atomic E-state index is 9.25. The third kappa shape index (κ3) is 4.24. The standard InChI is InChI=1S/C32H18N6/c33-15-21-13-23(19-35-17-21)29-7-3-9-31(37-29)27-11-12-28(26-6-2-1-5-25(26)27)32-10-4-8-30(38-32)24-14-22(16-34)18-36-20-24/h1-14,17-20H. The average Bonchev–Trinajstić information content (AvgIpc) is 3.00. The Morgan fingerprint density at radius 1 is 0.474 bits per heavy atom. The fourth-order valence-corrected chi connectivity index (χ4v) is 4.52. The van der Waals surface area contributed by atoms with Gasteiger partial charge in [-0.2, -0.15) is 10.5 Å². The van der Waals surface area contributed by atoms with Crippen LogP contribution in [-0.2, 0) is 0 Å². The molecule has 176 valence electrons. The summed E-state index contributed by atoms with van der Waals surface area (Å²) in [6, 6.07) is 31.9. The van der Waals surface area contributed by atoms with Gasteiger partial charge in [-0.05, 0) is 47.2 Å². The first-order chi connectivity index (χ1) is 18.7. The van der Waals surface area contributed by atoms with Crippen LogP contribution >= 0.6 is 0 Å². The Hall–Kier alpha value is -5.72. The van der Waals surface area contributed by atoms with Crippen LogP contribution in [0.5, 0.6) is 0 Å². The summed E-state index contributed by atoms with van der Waals surface area (Å²) in [7, 11) is 0. The molecule has 6 rings (SSSR count). The van der Waals surface area contributed by atoms with E-state index in [1.807, 2.05) is 48.5 Å². The predicted octanol–water partition coefficient (Wildman–Crippen LogP) is 6.83. The van der Waals surface area contributed by atoms with Gasteiger partial charge < -0.3 is 0 Å². The minimum absolute atomic E-state index is 0.495. The number of nitrogens with zero attached hydrogens (tertiary/aromatic N) is 6. The average molecular weight is 487 g/mol. The predicted molar refractivity (Wildman–Crippen MR) is 146 cm³/mol. The minimum atomic E-state index is 0.495. The summed E-state index contributed by atoms with van der Waals surface area (Å²) in [4.78, 5) is 18.2. The van der Waals surface area contributed by atoms with Crippen molar-refractivity contribution in [2.45, 2.75) is 0 Å². The second-order valence-corrected chi connectivity index (χ2v) is 8.67. The molecule has 2 aromatic carbocycles. The van der Waals surface area contributed by atoms with Crippen molar-refractivity contribution in [3.05, 3.63) is 121 Å². The van der Waals surface area contributed by atoms with Gasteiger partial charge in [-0.15, -0.1) is 0 Å². The van der Waals surface area contributed by atoms with Crippen molar-refractivity contribution in [2.24, 2.45) is 0 Å². The Labute approximate surface area is 219 Å². The molecule has 0 radical (unpaired) electrons. The van der Waals surface area contributed by atoms with Crippen LogP contribution in [0.2, 0.25) is 0 Å². The van der Waals surface area contributed by atoms with Gasteiger partial charge in [0, 0.05) is 47.0 Å². The lowest BCUT2D eigenvalue weighted by Gasteiger charge is -2.13. The van der Waals surface area contributed by atoms with Crippen LogP contribution in [-0.4, -0.2) is 19.9 Å². The van der Waals surface area contributed by atoms with E-state index in [1.165, 1.54) is 0 Å². The van der Waals surface area contributed by atoms with Crippen LogP contribution in [0.25, 0.3) is 55.8 Å². The van der Waals surface area contributed by atoms with Gasteiger partial charge in [-0.1, -0.05) is 48.5 Å². The van der Waals surface area contributed by atoms with E-state index in [9.17, 15) is 10.5 Å². The van der Waals surface area contributed by atoms with Gasteiger partial charge in [0.05, 0.1) is 33.9 Å². The quantitative estimate of drug-likeness (QED) is 0.271. The number of benzene rings is 2. The van der Waals surface area contributed by atoms with E-state index < -0.39 is 0 Å². The Balaban J connectivity index is 1.46. The summed E-state index contributed by atoms with van der Waals surface area (Å²) >= 11 is 0. The van der Waals surface area contributed by atoms with E-state index in [0.29, 0.717) is 11.1 Å². The number of rotatable bonds is 4. The molecule has 0 amide bonds. The van der Waals surface area contributed by atoms with Gasteiger partial charge in [-0.3, -0.25) is 9.97 Å². The lowest BCUT2D eigenvalue weighted by molar-refractivity contribution is 1.26. The second-order valence-electron chi connectivity index (χ2n) is 8.67. The number of hydrogen-bond donors (Lipinski definition) is 0. The molecule has 0 saturated carbocycles. The molecule has 0 fully saturated rings. The van der Waals surface area contributed by atoms with Gasteiger partial charge in [0.25, 0.3) is 0 Å². The molecule has 4 aromatic heterocycles. The first-order valence-corrected chi connectivity index (χ1v) is 11.9. The van der Waals surface area contributed by atoms with Crippen molar-refractivity contribution in [3.8, 4) is 57.2 Å². The Morgan fingerprint density at radius 2 is 0.921 bits per heavy atom. The second kappa shape index (κ2) is 9.73. The Bertz CT molecular complexity index is 1770. The summed E-state index contributed by atoms with van der Waals surface area (Å²) < 4.78 is 0. The molecular weight excluding hydrogens is 468 g/mol. The summed E-state index contributed by atoms with van der Waals surface area (Å²) in [5, 5.41) is 20.6. The lowest BCUT2D eigenvalue weighted by Crippen LogP contribution is -1.93. The fourth-order valence-electron chi connectivity index (χ4n) is 4.52. The number of hydrogen-bond acceptors (Lipinski definition) is 6. The van der Waals surface area contributed by atoms with Crippen molar-refractivity contribution in [3.63, 3.8) is 0 Å². The summed E-state index contributed by atoms with van der Waals surface area (Å²) in [5.74, 6) is 0. The van der Waals surface area contributed by atoms with Crippen LogP contribution in [0, 0.1) is 22.7 Å². The topological polar surface area (TPSA) is 99.1 Å². The molecule has 0 N–H and O–H groups in total. The molecule has 6 heteroatoms. The van der Waals surface area contributed by atoms with E-state index in [0.717, 1.165) is 55.8 Å². The molecule has 6 aromatic rings. The molecule has 6 nitrogen and oxygen atoms in total. The lowest BCUT2D eigenvalue weighted by atomic mass is 9.95. The highest BCUT2D eigenvalue weighted by Gasteiger charge is 2.13. The number of aromatic nitrogens is 4. The van der Waals surface area contributed by atoms with Crippen LogP contribution in [0.1, 0.15) is 11.1 Å². The van der Waals surface area contributed by atoms with Gasteiger partial charge in [0.2, 0.25) is 0 Å². The first-order valence-electron chi connectivity index (χ1n) is 11.9. The molecule has 0 atom stereocenters. The zero-order valence-corrected chi connectivity index (χ0v) is 20.1. The highest BCUT2D eigenvalue weighted by molar-refractivity contribution is 6.04. The van der Waals surface area contributed by atoms with Crippen molar-refractivity contribution < 1.29 is 0 Å². The van der Waals surface area contributed by atoms with Gasteiger partial charge in [0.15, 0.2) is 0 Å². The molecule has 0 aliphatic carbocycles. The van der Waals surface area contributed by atoms with E-state index in [-0.39, 0.29) is 0 Å². The molecule has 4 heterocycles. The monoisotopic (exact) mass is 486 g/mol. The highest BCUT2D eigenvalue weighted by Crippen LogP contribution is 2.35. The zero-order chi connectivity index (χ0) is 25.9. The molecule has 38 heavy (non-hydrogen) atoms. The van der Waals surface area contributed by atoms with Gasteiger partial charge >= 0.3 is 0 Å². The normalized spacial score (nSPS) is 10.6. The number of nitriles is 2.